The molecule has 0 radical (unpaired) electrons. The summed E-state index contributed by atoms with van der Waals surface area (Å²) in [4.78, 5) is 0. The minimum atomic E-state index is -0.493. The Morgan fingerprint density at radius 1 is 0.352 bits per heavy atom. The zero-order valence-electron chi connectivity index (χ0n) is 39.4. The van der Waals surface area contributed by atoms with Crippen molar-refractivity contribution in [3.8, 4) is 56.6 Å². The van der Waals surface area contributed by atoms with Gasteiger partial charge in [0.15, 0.2) is 0 Å². The number of hydrogen-bond acceptors (Lipinski definition) is 4. The molecular formula is C65H50N2O4. The summed E-state index contributed by atoms with van der Waals surface area (Å²) in [6.45, 7) is 4.13. The van der Waals surface area contributed by atoms with E-state index in [-0.39, 0.29) is 11.5 Å². The molecule has 71 heavy (non-hydrogen) atoms. The second kappa shape index (κ2) is 18.1. The standard InChI is InChI=1S/C65H50N2O4/c1-42-37-52(64(68)58(39-42)66-54-31-15-9-25-46(54)47-26-10-16-32-55(47)66)50-29-13-19-35-60(50)70-62(44-21-5-3-6-22-44)41-63(45-23-7-4-8-24-45)71-61-36-20-14-30-51(61)53-38-43(2)40-59(65(53)69)67-56-33-17-11-27-48(56)49-28-12-18-34-57(49)67/h3-40,62-63,68-69H,41H2,1-2H3/t62-,63-/m1/s1. The van der Waals surface area contributed by atoms with Crippen LogP contribution in [0.4, 0.5) is 0 Å². The first kappa shape index (κ1) is 43.3. The lowest BCUT2D eigenvalue weighted by Crippen LogP contribution is -2.17. The summed E-state index contributed by atoms with van der Waals surface area (Å²) in [5.41, 5.74) is 12.3. The van der Waals surface area contributed by atoms with E-state index < -0.39 is 12.2 Å². The third kappa shape index (κ3) is 7.80. The summed E-state index contributed by atoms with van der Waals surface area (Å²) < 4.78 is 18.9. The number of para-hydroxylation sites is 6. The highest BCUT2D eigenvalue weighted by atomic mass is 16.5. The molecule has 0 spiro atoms. The van der Waals surface area contributed by atoms with Gasteiger partial charge in [0.1, 0.15) is 35.2 Å². The minimum absolute atomic E-state index is 0.164. The van der Waals surface area contributed by atoms with Gasteiger partial charge >= 0.3 is 0 Å². The summed E-state index contributed by atoms with van der Waals surface area (Å²) in [5.74, 6) is 1.59. The van der Waals surface area contributed by atoms with Gasteiger partial charge in [0, 0.05) is 50.2 Å². The smallest absolute Gasteiger partial charge is 0.147 e. The van der Waals surface area contributed by atoms with Gasteiger partial charge in [-0.25, -0.2) is 0 Å². The normalized spacial score (nSPS) is 12.4. The lowest BCUT2D eigenvalue weighted by Gasteiger charge is -2.28. The van der Waals surface area contributed by atoms with Gasteiger partial charge in [0.2, 0.25) is 0 Å². The molecule has 0 fully saturated rings. The predicted molar refractivity (Wildman–Crippen MR) is 289 cm³/mol. The second-order valence-electron chi connectivity index (χ2n) is 18.4. The Hall–Kier alpha value is -9.00. The van der Waals surface area contributed by atoms with Crippen molar-refractivity contribution in [3.05, 3.63) is 253 Å². The van der Waals surface area contributed by atoms with E-state index in [1.165, 1.54) is 0 Å². The first-order valence-corrected chi connectivity index (χ1v) is 24.2. The maximum Gasteiger partial charge on any atom is 0.147 e. The van der Waals surface area contributed by atoms with Gasteiger partial charge in [-0.1, -0.05) is 170 Å². The van der Waals surface area contributed by atoms with E-state index >= 15 is 0 Å². The van der Waals surface area contributed by atoms with Crippen LogP contribution in [0.25, 0.3) is 77.2 Å². The zero-order valence-corrected chi connectivity index (χ0v) is 39.4. The molecule has 0 aliphatic carbocycles. The van der Waals surface area contributed by atoms with Crippen molar-refractivity contribution in [2.75, 3.05) is 0 Å². The molecule has 0 bridgehead atoms. The van der Waals surface area contributed by atoms with Crippen LogP contribution >= 0.6 is 0 Å². The third-order valence-corrected chi connectivity index (χ3v) is 13.8. The number of phenolic OH excluding ortho intramolecular Hbond substituents is 2. The summed E-state index contributed by atoms with van der Waals surface area (Å²) >= 11 is 0. The van der Waals surface area contributed by atoms with Crippen molar-refractivity contribution in [1.29, 1.82) is 0 Å². The number of ether oxygens (including phenoxy) is 2. The summed E-state index contributed by atoms with van der Waals surface area (Å²) in [7, 11) is 0. The van der Waals surface area contributed by atoms with Gasteiger partial charge in [-0.15, -0.1) is 0 Å². The average Bonchev–Trinajstić information content (AvgIpc) is 3.93. The monoisotopic (exact) mass is 922 g/mol. The van der Waals surface area contributed by atoms with Crippen molar-refractivity contribution in [2.45, 2.75) is 32.5 Å². The maximum absolute atomic E-state index is 12.5. The number of fused-ring (bicyclic) bond motifs is 6. The third-order valence-electron chi connectivity index (χ3n) is 13.8. The summed E-state index contributed by atoms with van der Waals surface area (Å²) in [6.07, 6.45) is -0.560. The number of nitrogens with zero attached hydrogens (tertiary/aromatic N) is 2. The van der Waals surface area contributed by atoms with Gasteiger partial charge in [-0.05, 0) is 96.8 Å². The van der Waals surface area contributed by atoms with Crippen LogP contribution in [0.5, 0.6) is 23.0 Å². The van der Waals surface area contributed by atoms with E-state index in [0.29, 0.717) is 40.4 Å². The topological polar surface area (TPSA) is 68.8 Å². The van der Waals surface area contributed by atoms with Gasteiger partial charge in [-0.3, -0.25) is 0 Å². The van der Waals surface area contributed by atoms with Crippen LogP contribution in [-0.2, 0) is 0 Å². The molecule has 6 nitrogen and oxygen atoms in total. The Bertz CT molecular complexity index is 3570. The van der Waals surface area contributed by atoms with Crippen molar-refractivity contribution in [2.24, 2.45) is 0 Å². The highest BCUT2D eigenvalue weighted by Gasteiger charge is 2.28. The van der Waals surface area contributed by atoms with Gasteiger partial charge < -0.3 is 28.8 Å². The number of benzene rings is 10. The molecule has 0 unspecified atom stereocenters. The fourth-order valence-electron chi connectivity index (χ4n) is 10.6. The quantitative estimate of drug-likeness (QED) is 0.128. The van der Waals surface area contributed by atoms with Crippen LogP contribution in [-0.4, -0.2) is 19.3 Å². The number of hydrogen-bond donors (Lipinski definition) is 2. The van der Waals surface area contributed by atoms with Crippen molar-refractivity contribution >= 4 is 43.6 Å². The summed E-state index contributed by atoms with van der Waals surface area (Å²) in [5, 5.41) is 29.5. The van der Waals surface area contributed by atoms with Crippen molar-refractivity contribution in [1.82, 2.24) is 9.13 Å². The number of phenols is 2. The molecule has 12 rings (SSSR count). The minimum Gasteiger partial charge on any atom is -0.505 e. The second-order valence-corrected chi connectivity index (χ2v) is 18.4. The van der Waals surface area contributed by atoms with Crippen molar-refractivity contribution in [3.63, 3.8) is 0 Å². The average molecular weight is 923 g/mol. The molecule has 344 valence electrons. The number of aromatic nitrogens is 2. The zero-order chi connectivity index (χ0) is 48.0. The molecule has 0 saturated heterocycles. The van der Waals surface area contributed by atoms with Crippen molar-refractivity contribution < 1.29 is 19.7 Å². The van der Waals surface area contributed by atoms with E-state index in [4.69, 9.17) is 9.47 Å². The molecule has 0 saturated carbocycles. The highest BCUT2D eigenvalue weighted by Crippen LogP contribution is 2.47. The fraction of sp³-hybridized carbons (Fsp3) is 0.0769. The lowest BCUT2D eigenvalue weighted by atomic mass is 9.96. The maximum atomic E-state index is 12.5. The molecule has 10 aromatic carbocycles. The Balaban J connectivity index is 0.941. The molecule has 6 heteroatoms. The molecular weight excluding hydrogens is 873 g/mol. The molecule has 2 N–H and O–H groups in total. The van der Waals surface area contributed by atoms with E-state index in [1.54, 1.807) is 0 Å². The van der Waals surface area contributed by atoms with E-state index in [1.807, 2.05) is 121 Å². The van der Waals surface area contributed by atoms with Crippen LogP contribution in [0.1, 0.15) is 40.9 Å². The van der Waals surface area contributed by atoms with Crippen LogP contribution in [0.3, 0.4) is 0 Å². The van der Waals surface area contributed by atoms with Crippen LogP contribution in [0, 0.1) is 13.8 Å². The van der Waals surface area contributed by atoms with Gasteiger partial charge in [-0.2, -0.15) is 0 Å². The number of rotatable bonds is 12. The largest absolute Gasteiger partial charge is 0.505 e. The van der Waals surface area contributed by atoms with Gasteiger partial charge in [0.25, 0.3) is 0 Å². The fourth-order valence-corrected chi connectivity index (χ4v) is 10.6. The Kier molecular flexibility index (Phi) is 11.1. The predicted octanol–water partition coefficient (Wildman–Crippen LogP) is 16.6. The Morgan fingerprint density at radius 3 is 1.03 bits per heavy atom. The lowest BCUT2D eigenvalue weighted by molar-refractivity contribution is 0.111. The van der Waals surface area contributed by atoms with Crippen LogP contribution in [0.15, 0.2) is 231 Å². The molecule has 2 heterocycles. The molecule has 2 atom stereocenters. The molecule has 0 aliphatic heterocycles. The Labute approximate surface area is 412 Å². The van der Waals surface area contributed by atoms with E-state index in [0.717, 1.165) is 77.0 Å². The van der Waals surface area contributed by atoms with Gasteiger partial charge in [0.05, 0.1) is 33.4 Å². The number of aromatic hydroxyl groups is 2. The SMILES string of the molecule is Cc1cc(-c2ccccc2O[C@H](C[C@@H](Oc2ccccc2-c2cc(C)cc(-n3c4ccccc4c4ccccc43)c2O)c2ccccc2)c2ccccc2)c(O)c(-n2c3ccccc3c3ccccc32)c1. The summed E-state index contributed by atoms with van der Waals surface area (Å²) in [6, 6.07) is 78.0. The van der Waals surface area contributed by atoms with Crippen LogP contribution < -0.4 is 9.47 Å². The molecule has 2 aromatic heterocycles. The van der Waals surface area contributed by atoms with E-state index in [9.17, 15) is 10.2 Å². The van der Waals surface area contributed by atoms with Crippen LogP contribution in [0.2, 0.25) is 0 Å². The molecule has 12 aromatic rings. The first-order chi connectivity index (χ1) is 34.9. The highest BCUT2D eigenvalue weighted by molar-refractivity contribution is 6.10. The number of aryl methyl sites for hydroxylation is 2. The first-order valence-electron chi connectivity index (χ1n) is 24.2. The molecule has 0 amide bonds. The Morgan fingerprint density at radius 2 is 0.662 bits per heavy atom. The molecule has 0 aliphatic rings. The van der Waals surface area contributed by atoms with E-state index in [2.05, 4.69) is 132 Å².